The summed E-state index contributed by atoms with van der Waals surface area (Å²) in [6.45, 7) is 5.38. The largest absolute Gasteiger partial charge is 0.423 e. The minimum absolute atomic E-state index is 0.0892. The molecule has 0 aliphatic carbocycles. The van der Waals surface area contributed by atoms with Crippen LogP contribution in [0.4, 0.5) is 0 Å². The van der Waals surface area contributed by atoms with Crippen LogP contribution in [0.3, 0.4) is 0 Å². The minimum Gasteiger partial charge on any atom is -0.423 e. The number of morpholine rings is 1. The molecule has 0 saturated carbocycles. The molecule has 1 aliphatic rings. The lowest BCUT2D eigenvalue weighted by Gasteiger charge is -2.28. The lowest BCUT2D eigenvalue weighted by Crippen LogP contribution is -2.44. The van der Waals surface area contributed by atoms with Crippen LogP contribution >= 0.6 is 0 Å². The van der Waals surface area contributed by atoms with E-state index in [1.165, 1.54) is 6.07 Å². The summed E-state index contributed by atoms with van der Waals surface area (Å²) in [5.41, 5.74) is 2.26. The molecule has 134 valence electrons. The Balaban J connectivity index is 1.75. The van der Waals surface area contributed by atoms with E-state index in [1.807, 2.05) is 35.0 Å². The highest BCUT2D eigenvalue weighted by Crippen LogP contribution is 2.20. The Morgan fingerprint density at radius 1 is 1.24 bits per heavy atom. The number of rotatable bonds is 5. The fraction of sp³-hybridized carbons (Fsp3) is 0.474. The van der Waals surface area contributed by atoms with Crippen molar-refractivity contribution < 1.29 is 13.9 Å². The van der Waals surface area contributed by atoms with Gasteiger partial charge in [-0.05, 0) is 30.7 Å². The van der Waals surface area contributed by atoms with Crippen molar-refractivity contribution in [2.24, 2.45) is 0 Å². The maximum atomic E-state index is 12.4. The Bertz CT molecular complexity index is 809. The maximum Gasteiger partial charge on any atom is 0.336 e. The normalized spacial score (nSPS) is 15.1. The van der Waals surface area contributed by atoms with Gasteiger partial charge in [0, 0.05) is 31.1 Å². The number of fused-ring (bicyclic) bond motifs is 1. The third-order valence-corrected chi connectivity index (χ3v) is 4.51. The monoisotopic (exact) mass is 344 g/mol. The lowest BCUT2D eigenvalue weighted by atomic mass is 10.1. The number of hydrogen-bond donors (Lipinski definition) is 0. The molecule has 1 amide bonds. The molecule has 0 radical (unpaired) electrons. The molecule has 3 rings (SSSR count). The van der Waals surface area contributed by atoms with Crippen LogP contribution in [0.25, 0.3) is 11.0 Å². The minimum atomic E-state index is -0.358. The van der Waals surface area contributed by atoms with Gasteiger partial charge >= 0.3 is 5.63 Å². The van der Waals surface area contributed by atoms with Crippen molar-refractivity contribution in [1.82, 2.24) is 9.80 Å². The van der Waals surface area contributed by atoms with Crippen LogP contribution < -0.4 is 5.63 Å². The molecule has 6 heteroatoms. The van der Waals surface area contributed by atoms with Crippen molar-refractivity contribution in [2.45, 2.75) is 19.9 Å². The van der Waals surface area contributed by atoms with Crippen molar-refractivity contribution in [3.63, 3.8) is 0 Å². The average molecular weight is 344 g/mol. The molecule has 25 heavy (non-hydrogen) atoms. The Morgan fingerprint density at radius 2 is 2.00 bits per heavy atom. The predicted octanol–water partition coefficient (Wildman–Crippen LogP) is 1.65. The summed E-state index contributed by atoms with van der Waals surface area (Å²) >= 11 is 0. The molecule has 0 unspecified atom stereocenters. The summed E-state index contributed by atoms with van der Waals surface area (Å²) in [7, 11) is 1.89. The molecular weight excluding hydrogens is 320 g/mol. The Morgan fingerprint density at radius 3 is 2.72 bits per heavy atom. The van der Waals surface area contributed by atoms with Gasteiger partial charge < -0.3 is 14.1 Å². The van der Waals surface area contributed by atoms with Gasteiger partial charge in [-0.15, -0.1) is 0 Å². The number of nitrogens with zero attached hydrogens (tertiary/aromatic N) is 2. The number of ether oxygens (including phenoxy) is 1. The van der Waals surface area contributed by atoms with E-state index in [4.69, 9.17) is 9.15 Å². The van der Waals surface area contributed by atoms with Crippen LogP contribution in [-0.2, 0) is 22.5 Å². The van der Waals surface area contributed by atoms with E-state index in [2.05, 4.69) is 6.92 Å². The molecule has 6 nitrogen and oxygen atoms in total. The van der Waals surface area contributed by atoms with Gasteiger partial charge in [0.1, 0.15) is 5.58 Å². The van der Waals surface area contributed by atoms with Crippen LogP contribution in [-0.4, -0.2) is 55.6 Å². The van der Waals surface area contributed by atoms with Crippen LogP contribution in [0.15, 0.2) is 33.5 Å². The van der Waals surface area contributed by atoms with Crippen LogP contribution in [0, 0.1) is 0 Å². The highest BCUT2D eigenvalue weighted by molar-refractivity contribution is 5.81. The SMILES string of the molecule is CCc1ccc2c(CN(C)CC(=O)N3CCOCC3)cc(=O)oc2c1. The van der Waals surface area contributed by atoms with E-state index in [-0.39, 0.29) is 11.5 Å². The van der Waals surface area contributed by atoms with Crippen LogP contribution in [0.1, 0.15) is 18.1 Å². The quantitative estimate of drug-likeness (QED) is 0.772. The predicted molar refractivity (Wildman–Crippen MR) is 95.6 cm³/mol. The highest BCUT2D eigenvalue weighted by Gasteiger charge is 2.18. The molecule has 0 atom stereocenters. The van der Waals surface area contributed by atoms with Gasteiger partial charge in [0.2, 0.25) is 5.91 Å². The molecule has 1 aromatic carbocycles. The first kappa shape index (κ1) is 17.6. The van der Waals surface area contributed by atoms with Gasteiger partial charge in [0.15, 0.2) is 0 Å². The molecule has 2 heterocycles. The number of carbonyl (C=O) groups is 1. The third kappa shape index (κ3) is 4.27. The third-order valence-electron chi connectivity index (χ3n) is 4.51. The van der Waals surface area contributed by atoms with Crippen LogP contribution in [0.5, 0.6) is 0 Å². The summed E-state index contributed by atoms with van der Waals surface area (Å²) in [5, 5.41) is 0.919. The topological polar surface area (TPSA) is 63.0 Å². The summed E-state index contributed by atoms with van der Waals surface area (Å²) in [6.07, 6.45) is 0.887. The number of amides is 1. The Labute approximate surface area is 147 Å². The number of benzene rings is 1. The molecule has 1 aromatic heterocycles. The van der Waals surface area contributed by atoms with E-state index < -0.39 is 0 Å². The second kappa shape index (κ2) is 7.80. The van der Waals surface area contributed by atoms with Crippen molar-refractivity contribution in [2.75, 3.05) is 39.9 Å². The van der Waals surface area contributed by atoms with E-state index in [0.717, 1.165) is 22.9 Å². The van der Waals surface area contributed by atoms with Gasteiger partial charge in [-0.1, -0.05) is 19.1 Å². The standard InChI is InChI=1S/C19H24N2O4/c1-3-14-4-5-16-15(11-19(23)25-17(16)10-14)12-20(2)13-18(22)21-6-8-24-9-7-21/h4-5,10-11H,3,6-9,12-13H2,1-2H3. The van der Waals surface area contributed by atoms with Gasteiger partial charge in [-0.3, -0.25) is 9.69 Å². The summed E-state index contributed by atoms with van der Waals surface area (Å²) < 4.78 is 10.6. The smallest absolute Gasteiger partial charge is 0.336 e. The zero-order valence-electron chi connectivity index (χ0n) is 14.8. The van der Waals surface area contributed by atoms with Crippen LogP contribution in [0.2, 0.25) is 0 Å². The molecule has 2 aromatic rings. The fourth-order valence-corrected chi connectivity index (χ4v) is 3.12. The fourth-order valence-electron chi connectivity index (χ4n) is 3.12. The second-order valence-electron chi connectivity index (χ2n) is 6.44. The van der Waals surface area contributed by atoms with Crippen molar-refractivity contribution in [1.29, 1.82) is 0 Å². The molecule has 0 N–H and O–H groups in total. The van der Waals surface area contributed by atoms with Crippen molar-refractivity contribution >= 4 is 16.9 Å². The first-order chi connectivity index (χ1) is 12.1. The maximum absolute atomic E-state index is 12.4. The zero-order valence-corrected chi connectivity index (χ0v) is 14.8. The molecule has 1 aliphatic heterocycles. The molecule has 0 bridgehead atoms. The number of hydrogen-bond acceptors (Lipinski definition) is 5. The first-order valence-corrected chi connectivity index (χ1v) is 8.66. The number of likely N-dealkylation sites (N-methyl/N-ethyl adjacent to an activating group) is 1. The molecule has 0 spiro atoms. The summed E-state index contributed by atoms with van der Waals surface area (Å²) in [4.78, 5) is 28.0. The van der Waals surface area contributed by atoms with Gasteiger partial charge in [-0.2, -0.15) is 0 Å². The van der Waals surface area contributed by atoms with Gasteiger partial charge in [-0.25, -0.2) is 4.79 Å². The molecule has 1 saturated heterocycles. The van der Waals surface area contributed by atoms with Gasteiger partial charge in [0.05, 0.1) is 19.8 Å². The molecule has 1 fully saturated rings. The Kier molecular flexibility index (Phi) is 5.50. The molecular formula is C19H24N2O4. The average Bonchev–Trinajstić information content (AvgIpc) is 2.61. The zero-order chi connectivity index (χ0) is 17.8. The van der Waals surface area contributed by atoms with E-state index in [0.29, 0.717) is 45.0 Å². The second-order valence-corrected chi connectivity index (χ2v) is 6.44. The van der Waals surface area contributed by atoms with Gasteiger partial charge in [0.25, 0.3) is 0 Å². The highest BCUT2D eigenvalue weighted by atomic mass is 16.5. The summed E-state index contributed by atoms with van der Waals surface area (Å²) in [6, 6.07) is 7.47. The number of aryl methyl sites for hydroxylation is 1. The lowest BCUT2D eigenvalue weighted by molar-refractivity contribution is -0.136. The number of carbonyl (C=O) groups excluding carboxylic acids is 1. The van der Waals surface area contributed by atoms with E-state index >= 15 is 0 Å². The van der Waals surface area contributed by atoms with Crippen molar-refractivity contribution in [3.05, 3.63) is 45.8 Å². The first-order valence-electron chi connectivity index (χ1n) is 8.66. The summed E-state index contributed by atoms with van der Waals surface area (Å²) in [5.74, 6) is 0.0892. The van der Waals surface area contributed by atoms with Crippen molar-refractivity contribution in [3.8, 4) is 0 Å². The Hall–Kier alpha value is -2.18. The van der Waals surface area contributed by atoms with E-state index in [9.17, 15) is 9.59 Å². The van der Waals surface area contributed by atoms with E-state index in [1.54, 1.807) is 0 Å².